The van der Waals surface area contributed by atoms with Crippen molar-refractivity contribution >= 4 is 16.2 Å². The van der Waals surface area contributed by atoms with Gasteiger partial charge in [0.05, 0.1) is 23.9 Å². The number of carbonyl (C=O) groups is 1. The minimum atomic E-state index is -3.19. The summed E-state index contributed by atoms with van der Waals surface area (Å²) in [5, 5.41) is 5.45. The van der Waals surface area contributed by atoms with Crippen molar-refractivity contribution < 1.29 is 31.1 Å². The molecule has 234 valence electrons. The first-order chi connectivity index (χ1) is 19.5. The number of nitrogens with one attached hydrogen (secondary N) is 2. The lowest BCUT2D eigenvalue weighted by atomic mass is 10.0. The lowest BCUT2D eigenvalue weighted by molar-refractivity contribution is -0.109. The highest BCUT2D eigenvalue weighted by Gasteiger charge is 2.10. The Hall–Kier alpha value is -3.11. The first-order valence-corrected chi connectivity index (χ1v) is 15.4. The lowest BCUT2D eigenvalue weighted by Gasteiger charge is -2.08. The van der Waals surface area contributed by atoms with Gasteiger partial charge in [0.2, 0.25) is 6.41 Å². The maximum atomic E-state index is 12.8. The average molecular weight is 603 g/mol. The van der Waals surface area contributed by atoms with Crippen LogP contribution < -0.4 is 10.6 Å². The van der Waals surface area contributed by atoms with Crippen molar-refractivity contribution in [3.8, 4) is 11.1 Å². The maximum Gasteiger partial charge on any atom is 0.207 e. The van der Waals surface area contributed by atoms with Crippen LogP contribution in [0.5, 0.6) is 0 Å². The summed E-state index contributed by atoms with van der Waals surface area (Å²) in [5.41, 5.74) is 2.63. The molecule has 0 spiro atoms. The van der Waals surface area contributed by atoms with E-state index in [4.69, 9.17) is 4.74 Å². The van der Waals surface area contributed by atoms with Crippen molar-refractivity contribution in [2.24, 2.45) is 0 Å². The summed E-state index contributed by atoms with van der Waals surface area (Å²) < 4.78 is 63.4. The van der Waals surface area contributed by atoms with Gasteiger partial charge in [0.25, 0.3) is 0 Å². The molecule has 0 aliphatic carbocycles. The number of rotatable bonds is 11. The van der Waals surface area contributed by atoms with Crippen LogP contribution in [0.15, 0.2) is 72.0 Å². The third-order valence-electron chi connectivity index (χ3n) is 4.59. The van der Waals surface area contributed by atoms with Gasteiger partial charge < -0.3 is 15.4 Å². The van der Waals surface area contributed by atoms with Crippen LogP contribution in [0.2, 0.25) is 0 Å². The first kappa shape index (κ1) is 42.4. The molecular formula is C31H49F3N2O4S. The van der Waals surface area contributed by atoms with Gasteiger partial charge in [-0.2, -0.15) is 0 Å². The molecule has 2 rings (SSSR count). The second-order valence-electron chi connectivity index (χ2n) is 7.96. The van der Waals surface area contributed by atoms with Crippen LogP contribution in [0, 0.1) is 12.7 Å². The van der Waals surface area contributed by atoms with E-state index in [1.165, 1.54) is 24.5 Å². The van der Waals surface area contributed by atoms with Gasteiger partial charge in [-0.3, -0.25) is 4.79 Å². The Labute approximate surface area is 246 Å². The van der Waals surface area contributed by atoms with Crippen LogP contribution in [0.3, 0.4) is 0 Å². The molecule has 2 aromatic carbocycles. The summed E-state index contributed by atoms with van der Waals surface area (Å²) >= 11 is 0. The number of carbonyl (C=O) groups excluding carboxylic acids is 1. The second-order valence-corrected chi connectivity index (χ2v) is 9.97. The Morgan fingerprint density at radius 2 is 1.61 bits per heavy atom. The number of aryl methyl sites for hydroxylation is 1. The third kappa shape index (κ3) is 24.4. The van der Waals surface area contributed by atoms with Crippen LogP contribution in [-0.2, 0) is 19.4 Å². The minimum absolute atomic E-state index is 0.0947. The topological polar surface area (TPSA) is 84.5 Å². The molecule has 2 N–H and O–H groups in total. The van der Waals surface area contributed by atoms with Crippen molar-refractivity contribution in [2.75, 3.05) is 32.6 Å². The number of allylic oxidation sites excluding steroid dienone is 1. The zero-order valence-corrected chi connectivity index (χ0v) is 26.5. The molecule has 1 unspecified atom stereocenters. The minimum Gasteiger partial charge on any atom is -0.391 e. The van der Waals surface area contributed by atoms with Crippen molar-refractivity contribution in [1.82, 2.24) is 10.6 Å². The predicted molar refractivity (Wildman–Crippen MR) is 166 cm³/mol. The van der Waals surface area contributed by atoms with E-state index in [1.54, 1.807) is 37.3 Å². The smallest absolute Gasteiger partial charge is 0.207 e. The summed E-state index contributed by atoms with van der Waals surface area (Å²) in [4.78, 5) is 9.59. The molecule has 0 radical (unpaired) electrons. The van der Waals surface area contributed by atoms with Crippen LogP contribution in [0.25, 0.3) is 11.1 Å². The van der Waals surface area contributed by atoms with Gasteiger partial charge in [-0.15, -0.1) is 0 Å². The van der Waals surface area contributed by atoms with E-state index in [0.29, 0.717) is 24.1 Å². The van der Waals surface area contributed by atoms with E-state index < -0.39 is 16.5 Å². The number of alkyl halides is 1. The van der Waals surface area contributed by atoms with Crippen LogP contribution in [0.1, 0.15) is 53.5 Å². The highest BCUT2D eigenvalue weighted by atomic mass is 32.2. The van der Waals surface area contributed by atoms with Crippen molar-refractivity contribution in [3.63, 3.8) is 0 Å². The number of amides is 1. The van der Waals surface area contributed by atoms with Crippen molar-refractivity contribution in [3.05, 3.63) is 78.5 Å². The Morgan fingerprint density at radius 1 is 1.02 bits per heavy atom. The van der Waals surface area contributed by atoms with Gasteiger partial charge in [-0.05, 0) is 88.2 Å². The highest BCUT2D eigenvalue weighted by molar-refractivity contribution is 7.90. The number of halogens is 3. The number of sulfone groups is 1. The van der Waals surface area contributed by atoms with Crippen LogP contribution in [-0.4, -0.2) is 53.6 Å². The van der Waals surface area contributed by atoms with E-state index in [9.17, 15) is 26.4 Å². The van der Waals surface area contributed by atoms with Gasteiger partial charge in [-0.1, -0.05) is 44.2 Å². The van der Waals surface area contributed by atoms with Gasteiger partial charge in [0.15, 0.2) is 9.84 Å². The van der Waals surface area contributed by atoms with Gasteiger partial charge in [0, 0.05) is 19.3 Å². The number of hydrogen-bond acceptors (Lipinski definition) is 5. The Bertz CT molecular complexity index is 1060. The SMILES string of the molecule is C/C=C/NCC.CC.CC(C/C=C/F)OCCF.CCNC=O.Cc1cc(S(C)(=O)=O)ccc1-c1ccc(F)cc1. The molecule has 0 saturated carbocycles. The molecule has 0 bridgehead atoms. The fourth-order valence-electron chi connectivity index (χ4n) is 2.70. The molecule has 1 amide bonds. The second kappa shape index (κ2) is 28.4. The molecule has 0 aromatic heterocycles. The number of benzene rings is 2. The van der Waals surface area contributed by atoms with Gasteiger partial charge >= 0.3 is 0 Å². The largest absolute Gasteiger partial charge is 0.391 e. The first-order valence-electron chi connectivity index (χ1n) is 13.5. The standard InChI is InChI=1S/C14H13FO2S.C7H12F2O.C5H11N.C3H7NO.C2H6/c1-10-9-13(18(2,16)17)7-8-14(10)11-3-5-12(15)6-4-11;1-7(3-2-4-8)10-6-5-9;1-3-5-6-4-2;1-2-4-3-5;1-2/h3-9H,1-2H3;2,4,7H,3,5-6H2,1H3;3,5-6H,4H2,1-2H3;3H,2H2,1H3,(H,4,5);1-2H3/b;4-2+;5-3+;;. The fourth-order valence-corrected chi connectivity index (χ4v) is 3.40. The van der Waals surface area contributed by atoms with E-state index in [2.05, 4.69) is 17.6 Å². The monoisotopic (exact) mass is 602 g/mol. The molecule has 0 aliphatic rings. The molecule has 2 aromatic rings. The van der Waals surface area contributed by atoms with E-state index in [-0.39, 0.29) is 18.5 Å². The van der Waals surface area contributed by atoms with Crippen LogP contribution in [0.4, 0.5) is 13.2 Å². The Balaban J connectivity index is -0.000000530. The normalized spacial score (nSPS) is 10.9. The fraction of sp³-hybridized carbons (Fsp3) is 0.452. The molecule has 0 heterocycles. The average Bonchev–Trinajstić information content (AvgIpc) is 2.96. The van der Waals surface area contributed by atoms with E-state index in [0.717, 1.165) is 29.8 Å². The summed E-state index contributed by atoms with van der Waals surface area (Å²) in [7, 11) is -3.19. The van der Waals surface area contributed by atoms with Crippen LogP contribution >= 0.6 is 0 Å². The Kier molecular flexibility index (Phi) is 29.4. The van der Waals surface area contributed by atoms with E-state index >= 15 is 0 Å². The third-order valence-corrected chi connectivity index (χ3v) is 5.70. The zero-order chi connectivity index (χ0) is 32.1. The molecule has 0 fully saturated rings. The number of ether oxygens (including phenoxy) is 1. The molecular weight excluding hydrogens is 553 g/mol. The molecule has 1 atom stereocenters. The van der Waals surface area contributed by atoms with Gasteiger partial charge in [-0.25, -0.2) is 21.6 Å². The quantitative estimate of drug-likeness (QED) is 0.263. The zero-order valence-electron chi connectivity index (χ0n) is 25.7. The van der Waals surface area contributed by atoms with Gasteiger partial charge in [0.1, 0.15) is 12.5 Å². The maximum absolute atomic E-state index is 12.8. The molecule has 41 heavy (non-hydrogen) atoms. The summed E-state index contributed by atoms with van der Waals surface area (Å²) in [5.74, 6) is -0.288. The predicted octanol–water partition coefficient (Wildman–Crippen LogP) is 7.35. The van der Waals surface area contributed by atoms with Crippen molar-refractivity contribution in [1.29, 1.82) is 0 Å². The molecule has 6 nitrogen and oxygen atoms in total. The highest BCUT2D eigenvalue weighted by Crippen LogP contribution is 2.25. The summed E-state index contributed by atoms with van der Waals surface area (Å²) in [6, 6.07) is 11.1. The molecule has 10 heteroatoms. The molecule has 0 aliphatic heterocycles. The summed E-state index contributed by atoms with van der Waals surface area (Å²) in [6.45, 7) is 14.9. The summed E-state index contributed by atoms with van der Waals surface area (Å²) in [6.07, 6.45) is 7.99. The number of hydrogen-bond donors (Lipinski definition) is 2. The van der Waals surface area contributed by atoms with Crippen molar-refractivity contribution in [2.45, 2.75) is 65.9 Å². The Morgan fingerprint density at radius 3 is 1.98 bits per heavy atom. The van der Waals surface area contributed by atoms with E-state index in [1.807, 2.05) is 46.9 Å². The lowest BCUT2D eigenvalue weighted by Crippen LogP contribution is -2.08. The molecule has 0 saturated heterocycles.